The first-order chi connectivity index (χ1) is 11.4. The third-order valence-electron chi connectivity index (χ3n) is 3.14. The van der Waals surface area contributed by atoms with Gasteiger partial charge in [0.15, 0.2) is 17.2 Å². The van der Waals surface area contributed by atoms with E-state index < -0.39 is 11.9 Å². The van der Waals surface area contributed by atoms with Gasteiger partial charge in [0.1, 0.15) is 17.0 Å². The van der Waals surface area contributed by atoms with Gasteiger partial charge in [0.05, 0.1) is 5.69 Å². The Morgan fingerprint density at radius 3 is 2.88 bits per heavy atom. The van der Waals surface area contributed by atoms with Crippen molar-refractivity contribution in [3.05, 3.63) is 52.3 Å². The number of anilines is 1. The molecule has 8 nitrogen and oxygen atoms in total. The normalized spacial score (nSPS) is 10.6. The first kappa shape index (κ1) is 15.4. The lowest BCUT2D eigenvalue weighted by Gasteiger charge is -2.09. The van der Waals surface area contributed by atoms with Crippen molar-refractivity contribution >= 4 is 22.9 Å². The lowest BCUT2D eigenvalue weighted by atomic mass is 10.3. The van der Waals surface area contributed by atoms with Gasteiger partial charge in [0.25, 0.3) is 5.56 Å². The Morgan fingerprint density at radius 2 is 2.17 bits per heavy atom. The maximum atomic E-state index is 13.9. The summed E-state index contributed by atoms with van der Waals surface area (Å²) in [7, 11) is 0. The summed E-state index contributed by atoms with van der Waals surface area (Å²) in [6, 6.07) is 5.20. The van der Waals surface area contributed by atoms with E-state index in [0.717, 1.165) is 6.07 Å². The fourth-order valence-corrected chi connectivity index (χ4v) is 2.04. The number of hydrogen-bond acceptors (Lipinski definition) is 5. The van der Waals surface area contributed by atoms with E-state index in [-0.39, 0.29) is 34.1 Å². The molecule has 3 rings (SSSR count). The van der Waals surface area contributed by atoms with E-state index in [2.05, 4.69) is 15.0 Å². The van der Waals surface area contributed by atoms with Gasteiger partial charge in [0.2, 0.25) is 0 Å². The number of halogens is 1. The molecule has 0 saturated carbocycles. The van der Waals surface area contributed by atoms with Crippen LogP contribution in [0, 0.1) is 12.7 Å². The van der Waals surface area contributed by atoms with E-state index in [1.54, 1.807) is 6.92 Å². The lowest BCUT2D eigenvalue weighted by molar-refractivity contribution is 0.209. The lowest BCUT2D eigenvalue weighted by Crippen LogP contribution is -2.12. The molecule has 9 heteroatoms. The number of amides is 1. The van der Waals surface area contributed by atoms with Crippen molar-refractivity contribution in [2.24, 2.45) is 0 Å². The van der Waals surface area contributed by atoms with E-state index in [9.17, 15) is 14.0 Å². The van der Waals surface area contributed by atoms with Crippen molar-refractivity contribution in [3.8, 4) is 11.5 Å². The largest absolute Gasteiger partial charge is 0.465 e. The quantitative estimate of drug-likeness (QED) is 0.679. The topological polar surface area (TPSA) is 117 Å². The Labute approximate surface area is 134 Å². The molecule has 3 aromatic rings. The van der Waals surface area contributed by atoms with Gasteiger partial charge in [-0.15, -0.1) is 0 Å². The number of aromatic nitrogens is 3. The van der Waals surface area contributed by atoms with Crippen LogP contribution >= 0.6 is 0 Å². The highest BCUT2D eigenvalue weighted by atomic mass is 19.1. The second-order valence-electron chi connectivity index (χ2n) is 4.83. The van der Waals surface area contributed by atoms with Gasteiger partial charge in [-0.2, -0.15) is 0 Å². The van der Waals surface area contributed by atoms with Crippen LogP contribution in [0.1, 0.15) is 5.69 Å². The molecule has 0 aliphatic carbocycles. The number of aromatic amines is 1. The summed E-state index contributed by atoms with van der Waals surface area (Å²) in [4.78, 5) is 32.8. The number of hydrogen-bond donors (Lipinski definition) is 3. The van der Waals surface area contributed by atoms with Crippen LogP contribution in [0.4, 0.5) is 14.9 Å². The molecule has 0 saturated heterocycles. The minimum atomic E-state index is -1.37. The van der Waals surface area contributed by atoms with Crippen molar-refractivity contribution in [3.63, 3.8) is 0 Å². The number of carboxylic acid groups (broad SMARTS) is 1. The van der Waals surface area contributed by atoms with Crippen molar-refractivity contribution in [1.82, 2.24) is 15.0 Å². The van der Waals surface area contributed by atoms with Crippen LogP contribution < -0.4 is 15.6 Å². The summed E-state index contributed by atoms with van der Waals surface area (Å²) >= 11 is 0. The number of fused-ring (bicyclic) bond motifs is 1. The zero-order valence-electron chi connectivity index (χ0n) is 12.3. The smallest absolute Gasteiger partial charge is 0.409 e. The van der Waals surface area contributed by atoms with E-state index in [0.29, 0.717) is 5.52 Å². The van der Waals surface area contributed by atoms with Crippen LogP contribution in [-0.2, 0) is 0 Å². The number of aryl methyl sites for hydroxylation is 1. The molecule has 2 heterocycles. The number of nitrogens with one attached hydrogen (secondary N) is 2. The molecule has 122 valence electrons. The van der Waals surface area contributed by atoms with Gasteiger partial charge in [-0.3, -0.25) is 10.1 Å². The number of ether oxygens (including phenoxy) is 1. The highest BCUT2D eigenvalue weighted by Crippen LogP contribution is 2.28. The number of carbonyl (C=O) groups is 1. The van der Waals surface area contributed by atoms with Crippen LogP contribution in [0.15, 0.2) is 35.3 Å². The molecule has 0 spiro atoms. The molecule has 0 fully saturated rings. The molecule has 0 bridgehead atoms. The molecule has 2 aromatic heterocycles. The molecular formula is C15H11FN4O4. The molecule has 0 aliphatic heterocycles. The monoisotopic (exact) mass is 330 g/mol. The fourth-order valence-electron chi connectivity index (χ4n) is 2.04. The summed E-state index contributed by atoms with van der Waals surface area (Å²) in [5, 5.41) is 10.5. The first-order valence-electron chi connectivity index (χ1n) is 6.77. The van der Waals surface area contributed by atoms with Crippen molar-refractivity contribution in [2.45, 2.75) is 6.92 Å². The van der Waals surface area contributed by atoms with E-state index in [1.165, 1.54) is 24.4 Å². The molecule has 1 aromatic carbocycles. The van der Waals surface area contributed by atoms with Crippen LogP contribution in [0.5, 0.6) is 11.5 Å². The van der Waals surface area contributed by atoms with Crippen LogP contribution in [0.25, 0.3) is 11.2 Å². The highest BCUT2D eigenvalue weighted by molar-refractivity contribution is 5.83. The summed E-state index contributed by atoms with van der Waals surface area (Å²) < 4.78 is 19.5. The second kappa shape index (κ2) is 5.95. The average Bonchev–Trinajstić information content (AvgIpc) is 2.51. The molecule has 0 atom stereocenters. The number of pyridine rings is 1. The maximum absolute atomic E-state index is 13.9. The Kier molecular flexibility index (Phi) is 3.82. The van der Waals surface area contributed by atoms with Crippen molar-refractivity contribution in [2.75, 3.05) is 5.32 Å². The minimum absolute atomic E-state index is 0.140. The first-order valence-corrected chi connectivity index (χ1v) is 6.77. The molecular weight excluding hydrogens is 319 g/mol. The van der Waals surface area contributed by atoms with Crippen LogP contribution in [0.3, 0.4) is 0 Å². The molecule has 24 heavy (non-hydrogen) atoms. The summed E-state index contributed by atoms with van der Waals surface area (Å²) in [6.45, 7) is 1.54. The van der Waals surface area contributed by atoms with Crippen LogP contribution in [-0.4, -0.2) is 26.2 Å². The van der Waals surface area contributed by atoms with Crippen LogP contribution in [0.2, 0.25) is 0 Å². The zero-order valence-corrected chi connectivity index (χ0v) is 12.3. The van der Waals surface area contributed by atoms with Gasteiger partial charge in [-0.1, -0.05) is 0 Å². The average molecular weight is 330 g/mol. The SMILES string of the molecule is Cc1nc2c(Oc3ccc(NC(=O)O)c(F)c3)ccnc2[nH]c1=O. The Bertz CT molecular complexity index is 1000. The number of H-pyrrole nitrogens is 1. The van der Waals surface area contributed by atoms with E-state index >= 15 is 0 Å². The Hall–Kier alpha value is -3.49. The van der Waals surface area contributed by atoms with Gasteiger partial charge in [-0.25, -0.2) is 19.2 Å². The second-order valence-corrected chi connectivity index (χ2v) is 4.83. The number of benzene rings is 1. The fraction of sp³-hybridized carbons (Fsp3) is 0.0667. The molecule has 0 aliphatic rings. The van der Waals surface area contributed by atoms with Gasteiger partial charge in [-0.05, 0) is 19.1 Å². The maximum Gasteiger partial charge on any atom is 0.409 e. The molecule has 3 N–H and O–H groups in total. The molecule has 0 radical (unpaired) electrons. The van der Waals surface area contributed by atoms with Gasteiger partial charge >= 0.3 is 6.09 Å². The Balaban J connectivity index is 1.98. The predicted octanol–water partition coefficient (Wildman–Crippen LogP) is 2.65. The molecule has 0 unspecified atom stereocenters. The zero-order chi connectivity index (χ0) is 17.3. The van der Waals surface area contributed by atoms with Gasteiger partial charge < -0.3 is 14.8 Å². The summed E-state index contributed by atoms with van der Waals surface area (Å²) in [5.74, 6) is -0.370. The van der Waals surface area contributed by atoms with Crippen molar-refractivity contribution in [1.29, 1.82) is 0 Å². The van der Waals surface area contributed by atoms with E-state index in [4.69, 9.17) is 9.84 Å². The summed E-state index contributed by atoms with van der Waals surface area (Å²) in [6.07, 6.45) is 0.0488. The minimum Gasteiger partial charge on any atom is -0.465 e. The highest BCUT2D eigenvalue weighted by Gasteiger charge is 2.11. The molecule has 1 amide bonds. The van der Waals surface area contributed by atoms with Crippen molar-refractivity contribution < 1.29 is 19.0 Å². The third-order valence-corrected chi connectivity index (χ3v) is 3.14. The number of nitrogens with zero attached hydrogens (tertiary/aromatic N) is 2. The van der Waals surface area contributed by atoms with E-state index in [1.807, 2.05) is 5.32 Å². The Morgan fingerprint density at radius 1 is 1.38 bits per heavy atom. The number of rotatable bonds is 3. The standard InChI is InChI=1S/C15H11FN4O4/c1-7-14(21)20-13-12(18-7)11(4-5-17-13)24-8-2-3-10(9(16)6-8)19-15(22)23/h2-6,19H,1H3,(H,22,23)(H,17,20,21). The third kappa shape index (κ3) is 3.00. The van der Waals surface area contributed by atoms with Gasteiger partial charge in [0, 0.05) is 18.3 Å². The predicted molar refractivity (Wildman–Crippen MR) is 83.0 cm³/mol. The summed E-state index contributed by atoms with van der Waals surface area (Å²) in [5.41, 5.74) is 0.262.